The molecule has 0 aromatic heterocycles. The second-order valence-corrected chi connectivity index (χ2v) is 7.91. The van der Waals surface area contributed by atoms with Gasteiger partial charge in [-0.2, -0.15) is 0 Å². The molecule has 0 atom stereocenters. The molecule has 2 rings (SSSR count). The predicted molar refractivity (Wildman–Crippen MR) is 102 cm³/mol. The molecule has 0 unspecified atom stereocenters. The summed E-state index contributed by atoms with van der Waals surface area (Å²) >= 11 is 0. The molecule has 1 amide bonds. The Morgan fingerprint density at radius 1 is 1.04 bits per heavy atom. The zero-order chi connectivity index (χ0) is 19.2. The van der Waals surface area contributed by atoms with Gasteiger partial charge in [-0.25, -0.2) is 13.1 Å². The van der Waals surface area contributed by atoms with Crippen LogP contribution < -0.4 is 14.8 Å². The van der Waals surface area contributed by atoms with Crippen LogP contribution in [0, 0.1) is 0 Å². The zero-order valence-electron chi connectivity index (χ0n) is 15.2. The lowest BCUT2D eigenvalue weighted by Crippen LogP contribution is -2.30. The second kappa shape index (κ2) is 8.82. The minimum atomic E-state index is -3.49. The van der Waals surface area contributed by atoms with Crippen molar-refractivity contribution < 1.29 is 17.9 Å². The van der Waals surface area contributed by atoms with Crippen LogP contribution in [0.4, 0.5) is 5.69 Å². The van der Waals surface area contributed by atoms with Gasteiger partial charge >= 0.3 is 0 Å². The molecule has 0 saturated carbocycles. The van der Waals surface area contributed by atoms with Crippen molar-refractivity contribution >= 4 is 21.6 Å². The Hall–Kier alpha value is -2.38. The molecule has 0 aliphatic heterocycles. The van der Waals surface area contributed by atoms with Gasteiger partial charge in [-0.1, -0.05) is 12.1 Å². The number of carbonyl (C=O) groups excluding carboxylic acids is 1. The number of rotatable bonds is 8. The van der Waals surface area contributed by atoms with Gasteiger partial charge in [-0.15, -0.1) is 0 Å². The molecule has 0 radical (unpaired) electrons. The number of ether oxygens (including phenoxy) is 1. The highest BCUT2D eigenvalue weighted by Crippen LogP contribution is 2.16. The first kappa shape index (κ1) is 19.9. The van der Waals surface area contributed by atoms with Crippen molar-refractivity contribution in [1.29, 1.82) is 0 Å². The molecule has 7 heteroatoms. The molecule has 2 aromatic carbocycles. The summed E-state index contributed by atoms with van der Waals surface area (Å²) in [5.74, 6) is 0.623. The van der Waals surface area contributed by atoms with Crippen LogP contribution in [0.5, 0.6) is 5.75 Å². The Morgan fingerprint density at radius 2 is 1.65 bits per heavy atom. The highest BCUT2D eigenvalue weighted by molar-refractivity contribution is 7.89. The second-order valence-electron chi connectivity index (χ2n) is 6.20. The lowest BCUT2D eigenvalue weighted by molar-refractivity contribution is -0.116. The number of nitrogens with one attached hydrogen (secondary N) is 2. The number of anilines is 1. The molecule has 0 spiro atoms. The van der Waals surface area contributed by atoms with Crippen LogP contribution in [-0.2, 0) is 21.2 Å². The number of aryl methyl sites for hydroxylation is 1. The maximum absolute atomic E-state index is 12.1. The van der Waals surface area contributed by atoms with Crippen molar-refractivity contribution in [3.05, 3.63) is 54.1 Å². The van der Waals surface area contributed by atoms with Gasteiger partial charge in [0.25, 0.3) is 0 Å². The average molecular weight is 376 g/mol. The van der Waals surface area contributed by atoms with Crippen LogP contribution in [0.25, 0.3) is 0 Å². The molecule has 26 heavy (non-hydrogen) atoms. The quantitative estimate of drug-likeness (QED) is 0.742. The first-order valence-corrected chi connectivity index (χ1v) is 9.83. The minimum absolute atomic E-state index is 0.103. The van der Waals surface area contributed by atoms with E-state index in [2.05, 4.69) is 10.0 Å². The van der Waals surface area contributed by atoms with Crippen molar-refractivity contribution in [2.24, 2.45) is 0 Å². The molecule has 140 valence electrons. The van der Waals surface area contributed by atoms with Gasteiger partial charge in [0.15, 0.2) is 0 Å². The number of methoxy groups -OCH3 is 1. The van der Waals surface area contributed by atoms with Gasteiger partial charge in [0, 0.05) is 18.2 Å². The molecular weight excluding hydrogens is 352 g/mol. The Kier molecular flexibility index (Phi) is 6.76. The smallest absolute Gasteiger partial charge is 0.240 e. The fourth-order valence-corrected chi connectivity index (χ4v) is 3.62. The zero-order valence-corrected chi connectivity index (χ0v) is 16.0. The van der Waals surface area contributed by atoms with Crippen LogP contribution in [0.1, 0.15) is 25.8 Å². The molecule has 0 saturated heterocycles. The summed E-state index contributed by atoms with van der Waals surface area (Å²) in [4.78, 5) is 12.3. The number of hydrogen-bond acceptors (Lipinski definition) is 4. The molecule has 6 nitrogen and oxygen atoms in total. The Balaban J connectivity index is 1.89. The van der Waals surface area contributed by atoms with Gasteiger partial charge in [-0.05, 0) is 62.2 Å². The van der Waals surface area contributed by atoms with E-state index in [1.54, 1.807) is 69.5 Å². The standard InChI is InChI=1S/C19H24N2O4S/c1-14(2)21-26(23,24)18-11-4-15(5-12-18)6-13-19(22)20-16-7-9-17(25-3)10-8-16/h4-5,7-12,14,21H,6,13H2,1-3H3,(H,20,22). The summed E-state index contributed by atoms with van der Waals surface area (Å²) in [7, 11) is -1.91. The third-order valence-electron chi connectivity index (χ3n) is 3.64. The first-order valence-electron chi connectivity index (χ1n) is 8.35. The summed E-state index contributed by atoms with van der Waals surface area (Å²) in [5, 5.41) is 2.82. The van der Waals surface area contributed by atoms with Gasteiger partial charge < -0.3 is 10.1 Å². The van der Waals surface area contributed by atoms with Crippen LogP contribution in [-0.4, -0.2) is 27.5 Å². The lowest BCUT2D eigenvalue weighted by atomic mass is 10.1. The highest BCUT2D eigenvalue weighted by atomic mass is 32.2. The topological polar surface area (TPSA) is 84.5 Å². The van der Waals surface area contributed by atoms with E-state index in [0.29, 0.717) is 18.5 Å². The SMILES string of the molecule is COc1ccc(NC(=O)CCc2ccc(S(=O)(=O)NC(C)C)cc2)cc1. The summed E-state index contributed by atoms with van der Waals surface area (Å²) in [6, 6.07) is 13.5. The number of carbonyl (C=O) groups is 1. The lowest BCUT2D eigenvalue weighted by Gasteiger charge is -2.10. The average Bonchev–Trinajstić information content (AvgIpc) is 2.60. The summed E-state index contributed by atoms with van der Waals surface area (Å²) in [6.45, 7) is 3.54. The van der Waals surface area contributed by atoms with Crippen LogP contribution in [0.15, 0.2) is 53.4 Å². The van der Waals surface area contributed by atoms with Gasteiger partial charge in [-0.3, -0.25) is 4.79 Å². The van der Waals surface area contributed by atoms with Gasteiger partial charge in [0.2, 0.25) is 15.9 Å². The monoisotopic (exact) mass is 376 g/mol. The van der Waals surface area contributed by atoms with E-state index in [1.807, 2.05) is 0 Å². The maximum atomic E-state index is 12.1. The normalized spacial score (nSPS) is 11.4. The van der Waals surface area contributed by atoms with Gasteiger partial charge in [0.1, 0.15) is 5.75 Å². The van der Waals surface area contributed by atoms with E-state index >= 15 is 0 Å². The van der Waals surface area contributed by atoms with Crippen LogP contribution in [0.2, 0.25) is 0 Å². The summed E-state index contributed by atoms with van der Waals surface area (Å²) in [5.41, 5.74) is 1.61. The van der Waals surface area contributed by atoms with Crippen molar-refractivity contribution in [2.75, 3.05) is 12.4 Å². The maximum Gasteiger partial charge on any atom is 0.240 e. The fourth-order valence-electron chi connectivity index (χ4n) is 2.37. The number of sulfonamides is 1. The third kappa shape index (κ3) is 5.86. The van der Waals surface area contributed by atoms with Crippen molar-refractivity contribution in [1.82, 2.24) is 4.72 Å². The molecule has 0 aliphatic rings. The van der Waals surface area contributed by atoms with Crippen molar-refractivity contribution in [2.45, 2.75) is 37.6 Å². The van der Waals surface area contributed by atoms with Crippen LogP contribution >= 0.6 is 0 Å². The fraction of sp³-hybridized carbons (Fsp3) is 0.316. The van der Waals surface area contributed by atoms with E-state index < -0.39 is 10.0 Å². The molecule has 0 aliphatic carbocycles. The first-order chi connectivity index (χ1) is 12.3. The Labute approximate surface area is 154 Å². The van der Waals surface area contributed by atoms with E-state index in [1.165, 1.54) is 0 Å². The largest absolute Gasteiger partial charge is 0.497 e. The predicted octanol–water partition coefficient (Wildman–Crippen LogP) is 2.95. The van der Waals surface area contributed by atoms with E-state index in [4.69, 9.17) is 4.74 Å². The van der Waals surface area contributed by atoms with E-state index in [9.17, 15) is 13.2 Å². The Bertz CT molecular complexity index is 829. The van der Waals surface area contributed by atoms with Gasteiger partial charge in [0.05, 0.1) is 12.0 Å². The molecule has 0 fully saturated rings. The summed E-state index contributed by atoms with van der Waals surface area (Å²) < 4.78 is 31.8. The molecule has 2 aromatic rings. The highest BCUT2D eigenvalue weighted by Gasteiger charge is 2.15. The van der Waals surface area contributed by atoms with Crippen molar-refractivity contribution in [3.63, 3.8) is 0 Å². The number of hydrogen-bond donors (Lipinski definition) is 2. The number of amides is 1. The number of benzene rings is 2. The van der Waals surface area contributed by atoms with E-state index in [0.717, 1.165) is 11.3 Å². The Morgan fingerprint density at radius 3 is 2.19 bits per heavy atom. The van der Waals surface area contributed by atoms with Crippen LogP contribution in [0.3, 0.4) is 0 Å². The third-order valence-corrected chi connectivity index (χ3v) is 5.31. The van der Waals surface area contributed by atoms with Crippen molar-refractivity contribution in [3.8, 4) is 5.75 Å². The molecular formula is C19H24N2O4S. The molecule has 2 N–H and O–H groups in total. The molecule has 0 bridgehead atoms. The molecule has 0 heterocycles. The minimum Gasteiger partial charge on any atom is -0.497 e. The summed E-state index contributed by atoms with van der Waals surface area (Å²) in [6.07, 6.45) is 0.836. The van der Waals surface area contributed by atoms with E-state index in [-0.39, 0.29) is 16.8 Å².